The quantitative estimate of drug-likeness (QED) is 0.743. The molecule has 0 N–H and O–H groups in total. The van der Waals surface area contributed by atoms with Crippen molar-refractivity contribution in [1.29, 1.82) is 0 Å². The van der Waals surface area contributed by atoms with Gasteiger partial charge in [0.05, 0.1) is 17.1 Å². The third-order valence-corrected chi connectivity index (χ3v) is 2.42. The van der Waals surface area contributed by atoms with Crippen molar-refractivity contribution in [1.82, 2.24) is 4.90 Å². The third kappa shape index (κ3) is 2.53. The number of amides is 1. The number of benzene rings is 1. The van der Waals surface area contributed by atoms with Crippen LogP contribution in [-0.4, -0.2) is 23.9 Å². The number of carbonyl (C=O) groups excluding carboxylic acids is 1. The average molecular weight is 240 g/mol. The van der Waals surface area contributed by atoms with E-state index in [2.05, 4.69) is 5.92 Å². The molecule has 0 heterocycles. The van der Waals surface area contributed by atoms with Crippen LogP contribution in [0.4, 0.5) is 4.39 Å². The van der Waals surface area contributed by atoms with Gasteiger partial charge < -0.3 is 4.90 Å². The Morgan fingerprint density at radius 3 is 2.88 bits per heavy atom. The van der Waals surface area contributed by atoms with Crippen LogP contribution in [0.2, 0.25) is 5.02 Å². The van der Waals surface area contributed by atoms with Crippen molar-refractivity contribution in [2.75, 3.05) is 13.1 Å². The fourth-order valence-corrected chi connectivity index (χ4v) is 1.45. The van der Waals surface area contributed by atoms with E-state index in [1.165, 1.54) is 23.1 Å². The first kappa shape index (κ1) is 12.5. The number of hydrogen-bond donors (Lipinski definition) is 0. The minimum Gasteiger partial charge on any atom is -0.328 e. The summed E-state index contributed by atoms with van der Waals surface area (Å²) in [6.07, 6.45) is 5.13. The van der Waals surface area contributed by atoms with Gasteiger partial charge in [-0.1, -0.05) is 23.6 Å². The smallest absolute Gasteiger partial charge is 0.257 e. The maximum atomic E-state index is 13.6. The monoisotopic (exact) mass is 239 g/mol. The molecule has 0 radical (unpaired) electrons. The van der Waals surface area contributed by atoms with Gasteiger partial charge >= 0.3 is 0 Å². The molecule has 16 heavy (non-hydrogen) atoms. The van der Waals surface area contributed by atoms with Gasteiger partial charge in [-0.2, -0.15) is 0 Å². The lowest BCUT2D eigenvalue weighted by Gasteiger charge is -2.18. The van der Waals surface area contributed by atoms with Gasteiger partial charge in [0.15, 0.2) is 5.82 Å². The van der Waals surface area contributed by atoms with Gasteiger partial charge in [-0.05, 0) is 19.1 Å². The molecule has 0 saturated carbocycles. The van der Waals surface area contributed by atoms with Gasteiger partial charge in [0.1, 0.15) is 0 Å². The molecule has 0 aliphatic carbocycles. The zero-order chi connectivity index (χ0) is 12.1. The Kier molecular flexibility index (Phi) is 4.33. The van der Waals surface area contributed by atoms with Crippen LogP contribution in [-0.2, 0) is 0 Å². The SMILES string of the molecule is C#CCN(CC)C(=O)c1cccc(Cl)c1F. The Morgan fingerprint density at radius 1 is 1.62 bits per heavy atom. The van der Waals surface area contributed by atoms with Crippen LogP contribution in [0, 0.1) is 18.2 Å². The average Bonchev–Trinajstić information content (AvgIpc) is 2.29. The normalized spacial score (nSPS) is 9.62. The highest BCUT2D eigenvalue weighted by atomic mass is 35.5. The molecule has 0 spiro atoms. The summed E-state index contributed by atoms with van der Waals surface area (Å²) in [5, 5.41) is -0.0670. The molecule has 0 bridgehead atoms. The predicted molar refractivity (Wildman–Crippen MR) is 61.8 cm³/mol. The topological polar surface area (TPSA) is 20.3 Å². The first-order valence-electron chi connectivity index (χ1n) is 4.78. The molecule has 0 atom stereocenters. The second-order valence-electron chi connectivity index (χ2n) is 3.12. The van der Waals surface area contributed by atoms with Gasteiger partial charge in [-0.15, -0.1) is 6.42 Å². The lowest BCUT2D eigenvalue weighted by molar-refractivity contribution is 0.0780. The van der Waals surface area contributed by atoms with Crippen molar-refractivity contribution in [2.24, 2.45) is 0 Å². The lowest BCUT2D eigenvalue weighted by Crippen LogP contribution is -2.31. The molecule has 1 amide bonds. The molecule has 84 valence electrons. The second kappa shape index (κ2) is 5.53. The number of halogens is 2. The van der Waals surface area contributed by atoms with Crippen LogP contribution in [0.5, 0.6) is 0 Å². The number of rotatable bonds is 3. The molecule has 2 nitrogen and oxygen atoms in total. The van der Waals surface area contributed by atoms with E-state index < -0.39 is 11.7 Å². The summed E-state index contributed by atoms with van der Waals surface area (Å²) in [6, 6.07) is 4.32. The summed E-state index contributed by atoms with van der Waals surface area (Å²) in [4.78, 5) is 13.2. The third-order valence-electron chi connectivity index (χ3n) is 2.13. The number of terminal acetylenes is 1. The highest BCUT2D eigenvalue weighted by molar-refractivity contribution is 6.31. The van der Waals surface area contributed by atoms with E-state index in [4.69, 9.17) is 18.0 Å². The van der Waals surface area contributed by atoms with E-state index >= 15 is 0 Å². The molecule has 0 saturated heterocycles. The maximum Gasteiger partial charge on any atom is 0.257 e. The molecule has 0 aliphatic rings. The largest absolute Gasteiger partial charge is 0.328 e. The van der Waals surface area contributed by atoms with Crippen molar-refractivity contribution < 1.29 is 9.18 Å². The summed E-state index contributed by atoms with van der Waals surface area (Å²) in [5.41, 5.74) is -0.0513. The molecule has 1 aromatic carbocycles. The highest BCUT2D eigenvalue weighted by Gasteiger charge is 2.18. The van der Waals surface area contributed by atoms with Crippen molar-refractivity contribution in [3.8, 4) is 12.3 Å². The van der Waals surface area contributed by atoms with Gasteiger partial charge in [0, 0.05) is 6.54 Å². The van der Waals surface area contributed by atoms with Crippen molar-refractivity contribution in [2.45, 2.75) is 6.92 Å². The first-order chi connectivity index (χ1) is 7.61. The van der Waals surface area contributed by atoms with Crippen LogP contribution < -0.4 is 0 Å². The maximum absolute atomic E-state index is 13.6. The number of nitrogens with zero attached hydrogens (tertiary/aromatic N) is 1. The Hall–Kier alpha value is -1.53. The Morgan fingerprint density at radius 2 is 2.31 bits per heavy atom. The van der Waals surface area contributed by atoms with E-state index in [0.29, 0.717) is 6.54 Å². The van der Waals surface area contributed by atoms with E-state index in [1.54, 1.807) is 6.92 Å². The molecule has 0 fully saturated rings. The number of hydrogen-bond acceptors (Lipinski definition) is 1. The van der Waals surface area contributed by atoms with Gasteiger partial charge in [-0.25, -0.2) is 4.39 Å². The molecule has 0 unspecified atom stereocenters. The second-order valence-corrected chi connectivity index (χ2v) is 3.53. The van der Waals surface area contributed by atoms with E-state index in [0.717, 1.165) is 0 Å². The van der Waals surface area contributed by atoms with Crippen LogP contribution >= 0.6 is 11.6 Å². The molecule has 1 aromatic rings. The highest BCUT2D eigenvalue weighted by Crippen LogP contribution is 2.19. The zero-order valence-corrected chi connectivity index (χ0v) is 9.59. The fourth-order valence-electron chi connectivity index (χ4n) is 1.28. The summed E-state index contributed by atoms with van der Waals surface area (Å²) in [5.74, 6) is 1.21. The predicted octanol–water partition coefficient (Wildman–Crippen LogP) is 2.57. The zero-order valence-electron chi connectivity index (χ0n) is 8.84. The van der Waals surface area contributed by atoms with Crippen LogP contribution in [0.25, 0.3) is 0 Å². The molecule has 4 heteroatoms. The lowest BCUT2D eigenvalue weighted by atomic mass is 10.2. The van der Waals surface area contributed by atoms with Crippen LogP contribution in [0.15, 0.2) is 18.2 Å². The number of carbonyl (C=O) groups is 1. The Labute approximate surface area is 99.0 Å². The fraction of sp³-hybridized carbons (Fsp3) is 0.250. The molecular weight excluding hydrogens is 229 g/mol. The van der Waals surface area contributed by atoms with E-state index in [9.17, 15) is 9.18 Å². The molecule has 0 aromatic heterocycles. The van der Waals surface area contributed by atoms with Crippen molar-refractivity contribution in [3.63, 3.8) is 0 Å². The summed E-state index contributed by atoms with van der Waals surface area (Å²) < 4.78 is 13.6. The van der Waals surface area contributed by atoms with Gasteiger partial charge in [-0.3, -0.25) is 4.79 Å². The standard InChI is InChI=1S/C12H11ClFNO/c1-3-8-15(4-2)12(16)9-6-5-7-10(13)11(9)14/h1,5-7H,4,8H2,2H3. The summed E-state index contributed by atoms with van der Waals surface area (Å²) >= 11 is 5.60. The Bertz CT molecular complexity index is 439. The van der Waals surface area contributed by atoms with E-state index in [-0.39, 0.29) is 17.1 Å². The first-order valence-corrected chi connectivity index (χ1v) is 5.16. The minimum atomic E-state index is -0.704. The van der Waals surface area contributed by atoms with Crippen LogP contribution in [0.1, 0.15) is 17.3 Å². The van der Waals surface area contributed by atoms with Gasteiger partial charge in [0.2, 0.25) is 0 Å². The van der Waals surface area contributed by atoms with Crippen molar-refractivity contribution >= 4 is 17.5 Å². The minimum absolute atomic E-state index is 0.0513. The molecular formula is C12H11ClFNO. The molecule has 1 rings (SSSR count). The summed E-state index contributed by atoms with van der Waals surface area (Å²) in [7, 11) is 0. The van der Waals surface area contributed by atoms with Gasteiger partial charge in [0.25, 0.3) is 5.91 Å². The molecule has 0 aliphatic heterocycles. The Balaban J connectivity index is 3.05. The van der Waals surface area contributed by atoms with E-state index in [1.807, 2.05) is 0 Å². The summed E-state index contributed by atoms with van der Waals surface area (Å²) in [6.45, 7) is 2.36. The van der Waals surface area contributed by atoms with Crippen molar-refractivity contribution in [3.05, 3.63) is 34.6 Å². The van der Waals surface area contributed by atoms with Crippen LogP contribution in [0.3, 0.4) is 0 Å².